The Morgan fingerprint density at radius 2 is 0.593 bits per heavy atom. The van der Waals surface area contributed by atoms with Crippen LogP contribution in [0.1, 0.15) is 286 Å². The van der Waals surface area contributed by atoms with E-state index in [0.29, 0.717) is 19.3 Å². The number of carbonyl (C=O) groups is 3. The van der Waals surface area contributed by atoms with Crippen molar-refractivity contribution in [3.05, 3.63) is 0 Å². The highest BCUT2D eigenvalue weighted by Gasteiger charge is 2.19. The fourth-order valence-corrected chi connectivity index (χ4v) is 7.87. The third kappa shape index (κ3) is 44.3. The first kappa shape index (κ1) is 57.4. The molecule has 0 saturated heterocycles. The molecule has 0 bridgehead atoms. The topological polar surface area (TPSA) is 78.9 Å². The lowest BCUT2D eigenvalue weighted by Crippen LogP contribution is -2.30. The minimum atomic E-state index is -0.763. The van der Waals surface area contributed by atoms with Crippen LogP contribution in [-0.4, -0.2) is 37.2 Å². The second-order valence-electron chi connectivity index (χ2n) is 19.1. The van der Waals surface area contributed by atoms with Crippen molar-refractivity contribution in [1.82, 2.24) is 0 Å². The molecular formula is C53H102O6. The molecule has 0 aliphatic heterocycles. The molecule has 2 unspecified atom stereocenters. The van der Waals surface area contributed by atoms with Crippen molar-refractivity contribution in [1.29, 1.82) is 0 Å². The molecule has 3 atom stereocenters. The van der Waals surface area contributed by atoms with E-state index in [0.717, 1.165) is 75.5 Å². The highest BCUT2D eigenvalue weighted by atomic mass is 16.6. The fraction of sp³-hybridized carbons (Fsp3) is 0.943. The molecule has 0 spiro atoms. The van der Waals surface area contributed by atoms with Gasteiger partial charge in [0.05, 0.1) is 0 Å². The van der Waals surface area contributed by atoms with Gasteiger partial charge < -0.3 is 14.2 Å². The first-order valence-corrected chi connectivity index (χ1v) is 26.2. The average molecular weight is 835 g/mol. The third-order valence-corrected chi connectivity index (χ3v) is 12.6. The van der Waals surface area contributed by atoms with Crippen molar-refractivity contribution in [2.45, 2.75) is 292 Å². The van der Waals surface area contributed by atoms with E-state index in [1.165, 1.54) is 167 Å². The number of ether oxygens (including phenoxy) is 3. The molecule has 59 heavy (non-hydrogen) atoms. The molecule has 6 nitrogen and oxygen atoms in total. The van der Waals surface area contributed by atoms with Crippen LogP contribution in [0.5, 0.6) is 0 Å². The lowest BCUT2D eigenvalue weighted by Gasteiger charge is -2.18. The zero-order chi connectivity index (χ0) is 43.4. The van der Waals surface area contributed by atoms with Gasteiger partial charge in [-0.15, -0.1) is 0 Å². The maximum Gasteiger partial charge on any atom is 0.306 e. The Balaban J connectivity index is 4.28. The number of carbonyl (C=O) groups excluding carboxylic acids is 3. The predicted molar refractivity (Wildman–Crippen MR) is 252 cm³/mol. The Kier molecular flexibility index (Phi) is 43.3. The number of esters is 3. The Labute approximate surface area is 368 Å². The normalized spacial score (nSPS) is 13.1. The lowest BCUT2D eigenvalue weighted by atomic mass is 9.99. The van der Waals surface area contributed by atoms with E-state index < -0.39 is 6.10 Å². The zero-order valence-electron chi connectivity index (χ0n) is 40.5. The van der Waals surface area contributed by atoms with E-state index in [2.05, 4.69) is 41.5 Å². The van der Waals surface area contributed by atoms with Gasteiger partial charge in [-0.3, -0.25) is 14.4 Å². The third-order valence-electron chi connectivity index (χ3n) is 12.6. The van der Waals surface area contributed by atoms with E-state index in [9.17, 15) is 14.4 Å². The van der Waals surface area contributed by atoms with Gasteiger partial charge in [-0.25, -0.2) is 0 Å². The summed E-state index contributed by atoms with van der Waals surface area (Å²) in [5.41, 5.74) is 0. The Morgan fingerprint density at radius 3 is 0.881 bits per heavy atom. The van der Waals surface area contributed by atoms with Gasteiger partial charge in [-0.1, -0.05) is 247 Å². The minimum Gasteiger partial charge on any atom is -0.462 e. The largest absolute Gasteiger partial charge is 0.462 e. The van der Waals surface area contributed by atoms with Crippen LogP contribution >= 0.6 is 0 Å². The summed E-state index contributed by atoms with van der Waals surface area (Å²) in [6.45, 7) is 13.7. The smallest absolute Gasteiger partial charge is 0.306 e. The lowest BCUT2D eigenvalue weighted by molar-refractivity contribution is -0.167. The first-order valence-electron chi connectivity index (χ1n) is 26.2. The number of hydrogen-bond donors (Lipinski definition) is 0. The molecule has 0 aromatic rings. The van der Waals surface area contributed by atoms with Crippen LogP contribution in [-0.2, 0) is 28.6 Å². The van der Waals surface area contributed by atoms with Crippen molar-refractivity contribution in [2.24, 2.45) is 17.8 Å². The van der Waals surface area contributed by atoms with Gasteiger partial charge in [0.2, 0.25) is 0 Å². The predicted octanol–water partition coefficient (Wildman–Crippen LogP) is 16.8. The van der Waals surface area contributed by atoms with Crippen LogP contribution in [0.4, 0.5) is 0 Å². The molecule has 0 aliphatic rings. The maximum absolute atomic E-state index is 12.7. The van der Waals surface area contributed by atoms with Gasteiger partial charge in [0.15, 0.2) is 6.10 Å². The van der Waals surface area contributed by atoms with Crippen molar-refractivity contribution in [3.63, 3.8) is 0 Å². The highest BCUT2D eigenvalue weighted by molar-refractivity contribution is 5.71. The molecule has 0 aromatic heterocycles. The summed E-state index contributed by atoms with van der Waals surface area (Å²) >= 11 is 0. The van der Waals surface area contributed by atoms with Crippen molar-refractivity contribution in [2.75, 3.05) is 13.2 Å². The number of unbranched alkanes of at least 4 members (excludes halogenated alkanes) is 27. The monoisotopic (exact) mass is 835 g/mol. The molecule has 6 heteroatoms. The van der Waals surface area contributed by atoms with E-state index in [4.69, 9.17) is 14.2 Å². The van der Waals surface area contributed by atoms with Crippen LogP contribution < -0.4 is 0 Å². The van der Waals surface area contributed by atoms with Gasteiger partial charge in [0, 0.05) is 19.3 Å². The number of rotatable bonds is 46. The van der Waals surface area contributed by atoms with Crippen LogP contribution in [0, 0.1) is 17.8 Å². The SMILES string of the molecule is CCC(C)CCCCCCCCCCCCC(=O)OC[C@H](COC(=O)CCCCCCCCCCCCCCCCC(C)C)OC(=O)CCCCCCCCC(C)CC. The molecule has 0 aromatic carbocycles. The summed E-state index contributed by atoms with van der Waals surface area (Å²) in [5, 5.41) is 0. The summed E-state index contributed by atoms with van der Waals surface area (Å²) < 4.78 is 16.8. The van der Waals surface area contributed by atoms with Gasteiger partial charge in [-0.2, -0.15) is 0 Å². The van der Waals surface area contributed by atoms with Gasteiger partial charge in [-0.05, 0) is 37.0 Å². The van der Waals surface area contributed by atoms with Crippen molar-refractivity contribution >= 4 is 17.9 Å². The zero-order valence-corrected chi connectivity index (χ0v) is 40.5. The fourth-order valence-electron chi connectivity index (χ4n) is 7.87. The maximum atomic E-state index is 12.7. The molecule has 0 amide bonds. The molecule has 0 radical (unpaired) electrons. The molecule has 0 aliphatic carbocycles. The number of hydrogen-bond acceptors (Lipinski definition) is 6. The van der Waals surface area contributed by atoms with Crippen LogP contribution in [0.2, 0.25) is 0 Å². The van der Waals surface area contributed by atoms with Crippen molar-refractivity contribution in [3.8, 4) is 0 Å². The van der Waals surface area contributed by atoms with Crippen LogP contribution in [0.25, 0.3) is 0 Å². The Hall–Kier alpha value is -1.59. The summed E-state index contributed by atoms with van der Waals surface area (Å²) in [6, 6.07) is 0. The molecule has 350 valence electrons. The molecule has 0 fully saturated rings. The van der Waals surface area contributed by atoms with Crippen molar-refractivity contribution < 1.29 is 28.6 Å². The molecule has 0 N–H and O–H groups in total. The van der Waals surface area contributed by atoms with Crippen LogP contribution in [0.15, 0.2) is 0 Å². The Morgan fingerprint density at radius 1 is 0.339 bits per heavy atom. The average Bonchev–Trinajstić information content (AvgIpc) is 3.22. The van der Waals surface area contributed by atoms with Crippen LogP contribution in [0.3, 0.4) is 0 Å². The summed E-state index contributed by atoms with van der Waals surface area (Å²) in [4.78, 5) is 37.9. The first-order chi connectivity index (χ1) is 28.7. The molecule has 0 rings (SSSR count). The second kappa shape index (κ2) is 44.5. The summed E-state index contributed by atoms with van der Waals surface area (Å²) in [5.74, 6) is 1.67. The minimum absolute atomic E-state index is 0.0654. The molecular weight excluding hydrogens is 733 g/mol. The molecule has 0 heterocycles. The van der Waals surface area contributed by atoms with Gasteiger partial charge >= 0.3 is 17.9 Å². The van der Waals surface area contributed by atoms with Gasteiger partial charge in [0.25, 0.3) is 0 Å². The summed E-state index contributed by atoms with van der Waals surface area (Å²) in [7, 11) is 0. The van der Waals surface area contributed by atoms with Gasteiger partial charge in [0.1, 0.15) is 13.2 Å². The Bertz CT molecular complexity index is 918. The standard InChI is InChI=1S/C53H102O6/c1-7-48(5)40-34-28-22-18-15-16-20-24-31-37-43-52(55)58-46-50(59-53(56)44-38-32-26-25-29-35-41-49(6)8-2)45-57-51(54)42-36-30-23-19-14-12-10-9-11-13-17-21-27-33-39-47(3)4/h47-50H,7-46H2,1-6H3/t48?,49?,50-/m0/s1. The van der Waals surface area contributed by atoms with E-state index >= 15 is 0 Å². The van der Waals surface area contributed by atoms with E-state index in [-0.39, 0.29) is 31.1 Å². The summed E-state index contributed by atoms with van der Waals surface area (Å²) in [6.07, 6.45) is 43.7. The second-order valence-corrected chi connectivity index (χ2v) is 19.1. The molecule has 0 saturated carbocycles. The highest BCUT2D eigenvalue weighted by Crippen LogP contribution is 2.18. The van der Waals surface area contributed by atoms with E-state index in [1.807, 2.05) is 0 Å². The van der Waals surface area contributed by atoms with E-state index in [1.54, 1.807) is 0 Å². The quantitative estimate of drug-likeness (QED) is 0.0345.